The molecule has 0 unspecified atom stereocenters. The van der Waals surface area contributed by atoms with E-state index < -0.39 is 11.5 Å². The predicted octanol–water partition coefficient (Wildman–Crippen LogP) is 0.289. The molecule has 1 aromatic rings. The minimum Gasteiger partial charge on any atom is -0.478 e. The van der Waals surface area contributed by atoms with Crippen LogP contribution in [0.25, 0.3) is 6.08 Å². The van der Waals surface area contributed by atoms with E-state index in [1.54, 1.807) is 0 Å². The molecular weight excluding hydrogens is 260 g/mol. The monoisotopic (exact) mass is 276 g/mol. The van der Waals surface area contributed by atoms with Crippen molar-refractivity contribution in [2.24, 2.45) is 0 Å². The summed E-state index contributed by atoms with van der Waals surface area (Å²) in [7, 11) is 0. The predicted molar refractivity (Wildman–Crippen MR) is 73.1 cm³/mol. The van der Waals surface area contributed by atoms with Crippen molar-refractivity contribution in [3.8, 4) is 0 Å². The molecule has 0 atom stereocenters. The van der Waals surface area contributed by atoms with Crippen molar-refractivity contribution >= 4 is 23.9 Å². The fourth-order valence-corrected chi connectivity index (χ4v) is 1.97. The number of piperazine rings is 1. The number of carbonyl (C=O) groups excluding carboxylic acids is 1. The summed E-state index contributed by atoms with van der Waals surface area (Å²) < 4.78 is 0. The van der Waals surface area contributed by atoms with Crippen LogP contribution in [0.1, 0.15) is 19.4 Å². The summed E-state index contributed by atoms with van der Waals surface area (Å²) in [5.41, 5.74) is -0.119. The summed E-state index contributed by atoms with van der Waals surface area (Å²) in [6, 6.07) is 0. The van der Waals surface area contributed by atoms with E-state index in [-0.39, 0.29) is 5.91 Å². The molecular formula is C13H16N4O3. The van der Waals surface area contributed by atoms with E-state index in [0.29, 0.717) is 24.6 Å². The quantitative estimate of drug-likeness (QED) is 0.770. The molecule has 0 bridgehead atoms. The van der Waals surface area contributed by atoms with E-state index in [1.807, 2.05) is 18.7 Å². The maximum atomic E-state index is 11.9. The lowest BCUT2D eigenvalue weighted by Gasteiger charge is -2.41. The topological polar surface area (TPSA) is 95.4 Å². The van der Waals surface area contributed by atoms with Gasteiger partial charge in [0.05, 0.1) is 0 Å². The van der Waals surface area contributed by atoms with Crippen LogP contribution < -0.4 is 10.2 Å². The van der Waals surface area contributed by atoms with Crippen molar-refractivity contribution in [2.75, 3.05) is 18.0 Å². The highest BCUT2D eigenvalue weighted by Gasteiger charge is 2.38. The van der Waals surface area contributed by atoms with E-state index >= 15 is 0 Å². The maximum absolute atomic E-state index is 11.9. The number of nitrogens with one attached hydrogen (secondary N) is 1. The number of aromatic nitrogens is 2. The zero-order valence-corrected chi connectivity index (χ0v) is 11.3. The number of aliphatic carboxylic acids is 1. The number of hydrogen-bond acceptors (Lipinski definition) is 5. The molecule has 1 amide bonds. The fourth-order valence-electron chi connectivity index (χ4n) is 1.97. The normalized spacial score (nSPS) is 18.1. The van der Waals surface area contributed by atoms with E-state index in [0.717, 1.165) is 6.08 Å². The molecule has 1 fully saturated rings. The number of carboxylic acid groups (broad SMARTS) is 1. The molecule has 0 aliphatic carbocycles. The number of hydrogen-bond donors (Lipinski definition) is 2. The Morgan fingerprint density at radius 1 is 1.45 bits per heavy atom. The molecule has 0 saturated carbocycles. The van der Waals surface area contributed by atoms with Crippen LogP contribution in [0.4, 0.5) is 5.95 Å². The highest BCUT2D eigenvalue weighted by Crippen LogP contribution is 2.22. The number of carboxylic acids is 1. The Kier molecular flexibility index (Phi) is 3.69. The molecule has 1 aromatic heterocycles. The molecule has 2 rings (SSSR count). The third-order valence-corrected chi connectivity index (χ3v) is 3.17. The Balaban J connectivity index is 2.21. The van der Waals surface area contributed by atoms with Crippen LogP contribution in [-0.4, -0.2) is 45.6 Å². The average molecular weight is 276 g/mol. The second-order valence-corrected chi connectivity index (χ2v) is 4.95. The van der Waals surface area contributed by atoms with E-state index in [2.05, 4.69) is 15.3 Å². The summed E-state index contributed by atoms with van der Waals surface area (Å²) in [6.07, 6.45) is 5.51. The highest BCUT2D eigenvalue weighted by atomic mass is 16.4. The molecule has 0 aromatic carbocycles. The van der Waals surface area contributed by atoms with Crippen LogP contribution in [-0.2, 0) is 9.59 Å². The molecule has 20 heavy (non-hydrogen) atoms. The van der Waals surface area contributed by atoms with Crippen LogP contribution in [0.2, 0.25) is 0 Å². The average Bonchev–Trinajstić information content (AvgIpc) is 2.40. The zero-order valence-electron chi connectivity index (χ0n) is 11.3. The Morgan fingerprint density at radius 2 is 2.10 bits per heavy atom. The van der Waals surface area contributed by atoms with E-state index in [4.69, 9.17) is 5.11 Å². The number of nitrogens with zero attached hydrogens (tertiary/aromatic N) is 3. The van der Waals surface area contributed by atoms with Crippen molar-refractivity contribution in [2.45, 2.75) is 19.4 Å². The summed E-state index contributed by atoms with van der Waals surface area (Å²) in [4.78, 5) is 32.5. The van der Waals surface area contributed by atoms with E-state index in [9.17, 15) is 9.59 Å². The second-order valence-electron chi connectivity index (χ2n) is 4.95. The maximum Gasteiger partial charge on any atom is 0.328 e. The number of carbonyl (C=O) groups is 2. The largest absolute Gasteiger partial charge is 0.478 e. The van der Waals surface area contributed by atoms with Crippen molar-refractivity contribution in [1.29, 1.82) is 0 Å². The molecule has 1 aliphatic rings. The SMILES string of the molecule is CC1(C)C(=O)NCCN1c1ncc(/C=C/C(=O)O)cn1. The molecule has 7 nitrogen and oxygen atoms in total. The number of amides is 1. The van der Waals surface area contributed by atoms with Crippen LogP contribution in [0.5, 0.6) is 0 Å². The fraction of sp³-hybridized carbons (Fsp3) is 0.385. The first-order valence-corrected chi connectivity index (χ1v) is 6.20. The minimum atomic E-state index is -1.03. The Hall–Kier alpha value is -2.44. The van der Waals surface area contributed by atoms with Gasteiger partial charge in [0.25, 0.3) is 0 Å². The molecule has 2 heterocycles. The summed E-state index contributed by atoms with van der Waals surface area (Å²) >= 11 is 0. The molecule has 0 spiro atoms. The van der Waals surface area contributed by atoms with Gasteiger partial charge in [0.2, 0.25) is 11.9 Å². The van der Waals surface area contributed by atoms with Gasteiger partial charge in [-0.2, -0.15) is 0 Å². The van der Waals surface area contributed by atoms with Crippen molar-refractivity contribution in [3.63, 3.8) is 0 Å². The molecule has 0 radical (unpaired) electrons. The molecule has 2 N–H and O–H groups in total. The van der Waals surface area contributed by atoms with Crippen molar-refractivity contribution in [1.82, 2.24) is 15.3 Å². The lowest BCUT2D eigenvalue weighted by Crippen LogP contribution is -2.62. The van der Waals surface area contributed by atoms with Gasteiger partial charge in [0, 0.05) is 37.1 Å². The number of rotatable bonds is 3. The zero-order chi connectivity index (χ0) is 14.8. The first-order chi connectivity index (χ1) is 9.41. The highest BCUT2D eigenvalue weighted by molar-refractivity contribution is 5.89. The summed E-state index contributed by atoms with van der Waals surface area (Å²) in [6.45, 7) is 4.79. The van der Waals surface area contributed by atoms with E-state index in [1.165, 1.54) is 18.5 Å². The molecule has 1 saturated heterocycles. The van der Waals surface area contributed by atoms with Crippen LogP contribution >= 0.6 is 0 Å². The van der Waals surface area contributed by atoms with Gasteiger partial charge >= 0.3 is 5.97 Å². The van der Waals surface area contributed by atoms with Crippen molar-refractivity contribution in [3.05, 3.63) is 24.0 Å². The molecule has 106 valence electrons. The van der Waals surface area contributed by atoms with Crippen LogP contribution in [0.15, 0.2) is 18.5 Å². The molecule has 7 heteroatoms. The van der Waals surface area contributed by atoms with Crippen LogP contribution in [0.3, 0.4) is 0 Å². The van der Waals surface area contributed by atoms with Gasteiger partial charge in [-0.25, -0.2) is 14.8 Å². The minimum absolute atomic E-state index is 0.0674. The summed E-state index contributed by atoms with van der Waals surface area (Å²) in [5, 5.41) is 11.4. The van der Waals surface area contributed by atoms with Gasteiger partial charge in [0.1, 0.15) is 5.54 Å². The standard InChI is InChI=1S/C13H16N4O3/c1-13(2)11(20)14-5-6-17(13)12-15-7-9(8-16-12)3-4-10(18)19/h3-4,7-8H,5-6H2,1-2H3,(H,14,20)(H,18,19)/b4-3+. The Morgan fingerprint density at radius 3 is 2.70 bits per heavy atom. The van der Waals surface area contributed by atoms with Gasteiger partial charge in [0.15, 0.2) is 0 Å². The smallest absolute Gasteiger partial charge is 0.328 e. The van der Waals surface area contributed by atoms with Crippen LogP contribution in [0, 0.1) is 0 Å². The van der Waals surface area contributed by atoms with Gasteiger partial charge in [-0.05, 0) is 19.9 Å². The van der Waals surface area contributed by atoms with Crippen molar-refractivity contribution < 1.29 is 14.7 Å². The first-order valence-electron chi connectivity index (χ1n) is 6.20. The van der Waals surface area contributed by atoms with Gasteiger partial charge in [-0.15, -0.1) is 0 Å². The second kappa shape index (κ2) is 5.28. The summed E-state index contributed by atoms with van der Waals surface area (Å²) in [5.74, 6) is -0.637. The third-order valence-electron chi connectivity index (χ3n) is 3.17. The Labute approximate surface area is 116 Å². The molecule has 1 aliphatic heterocycles. The first kappa shape index (κ1) is 14.0. The van der Waals surface area contributed by atoms with Gasteiger partial charge < -0.3 is 15.3 Å². The Bertz CT molecular complexity index is 551. The lowest BCUT2D eigenvalue weighted by atomic mass is 9.99. The van der Waals surface area contributed by atoms with Gasteiger partial charge in [-0.1, -0.05) is 0 Å². The third kappa shape index (κ3) is 2.76. The lowest BCUT2D eigenvalue weighted by molar-refractivity contribution is -0.131. The number of anilines is 1. The van der Waals surface area contributed by atoms with Gasteiger partial charge in [-0.3, -0.25) is 4.79 Å².